The van der Waals surface area contributed by atoms with Gasteiger partial charge in [-0.05, 0) is 61.9 Å². The highest BCUT2D eigenvalue weighted by molar-refractivity contribution is 5.95. The fraction of sp³-hybridized carbons (Fsp3) is 0.480. The van der Waals surface area contributed by atoms with Gasteiger partial charge in [0.15, 0.2) is 0 Å². The minimum atomic E-state index is 0.0258. The first-order valence-corrected chi connectivity index (χ1v) is 10.9. The van der Waals surface area contributed by atoms with Gasteiger partial charge in [-0.25, -0.2) is 0 Å². The lowest BCUT2D eigenvalue weighted by Crippen LogP contribution is -2.44. The van der Waals surface area contributed by atoms with Crippen molar-refractivity contribution in [3.05, 3.63) is 64.7 Å². The van der Waals surface area contributed by atoms with E-state index in [0.717, 1.165) is 74.4 Å². The fourth-order valence-electron chi connectivity index (χ4n) is 3.97. The number of nitrogens with one attached hydrogen (secondary N) is 1. The maximum atomic E-state index is 12.8. The van der Waals surface area contributed by atoms with Gasteiger partial charge >= 0.3 is 0 Å². The first-order chi connectivity index (χ1) is 14.1. The quantitative estimate of drug-likeness (QED) is 0.649. The van der Waals surface area contributed by atoms with Crippen molar-refractivity contribution in [3.63, 3.8) is 0 Å². The van der Waals surface area contributed by atoms with Crippen LogP contribution in [0.4, 0.5) is 0 Å². The number of rotatable bonds is 8. The number of likely N-dealkylation sites (tertiary alicyclic amines) is 1. The maximum Gasteiger partial charge on any atom is 0.251 e. The van der Waals surface area contributed by atoms with Crippen molar-refractivity contribution in [2.75, 3.05) is 19.7 Å². The molecular formula is C25H34N2O2. The second kappa shape index (κ2) is 10.4. The minimum absolute atomic E-state index is 0.0258. The van der Waals surface area contributed by atoms with Gasteiger partial charge in [-0.15, -0.1) is 0 Å². The molecule has 156 valence electrons. The van der Waals surface area contributed by atoms with E-state index in [2.05, 4.69) is 47.5 Å². The molecule has 1 fully saturated rings. The maximum absolute atomic E-state index is 12.8. The Morgan fingerprint density at radius 2 is 1.76 bits per heavy atom. The summed E-state index contributed by atoms with van der Waals surface area (Å²) < 4.78 is 5.92. The number of hydrogen-bond acceptors (Lipinski definition) is 3. The van der Waals surface area contributed by atoms with Crippen molar-refractivity contribution >= 4 is 5.91 Å². The molecular weight excluding hydrogens is 360 g/mol. The Morgan fingerprint density at radius 1 is 1.10 bits per heavy atom. The van der Waals surface area contributed by atoms with Gasteiger partial charge in [-0.2, -0.15) is 0 Å². The topological polar surface area (TPSA) is 41.6 Å². The number of carbonyl (C=O) groups is 1. The monoisotopic (exact) mass is 394 g/mol. The standard InChI is InChI=1S/C25H34N2O2/c1-4-5-15-29-24-19(2)16-22(17-20(24)3)25(28)26-23-11-13-27(14-12-23)18-21-9-7-6-8-10-21/h6-10,16-17,23H,4-5,11-15,18H2,1-3H3,(H,26,28). The summed E-state index contributed by atoms with van der Waals surface area (Å²) in [6, 6.07) is 14.7. The van der Waals surface area contributed by atoms with Crippen molar-refractivity contribution in [2.45, 2.75) is 59.0 Å². The molecule has 1 N–H and O–H groups in total. The second-order valence-electron chi connectivity index (χ2n) is 8.15. The summed E-state index contributed by atoms with van der Waals surface area (Å²) in [5, 5.41) is 3.24. The highest BCUT2D eigenvalue weighted by Crippen LogP contribution is 2.25. The van der Waals surface area contributed by atoms with Gasteiger partial charge in [0, 0.05) is 31.2 Å². The lowest BCUT2D eigenvalue weighted by molar-refractivity contribution is 0.0908. The number of nitrogens with zero attached hydrogens (tertiary/aromatic N) is 1. The Labute approximate surface area is 175 Å². The van der Waals surface area contributed by atoms with Crippen molar-refractivity contribution in [2.24, 2.45) is 0 Å². The zero-order chi connectivity index (χ0) is 20.6. The van der Waals surface area contributed by atoms with E-state index in [1.807, 2.05) is 26.0 Å². The average Bonchev–Trinajstić information content (AvgIpc) is 2.72. The summed E-state index contributed by atoms with van der Waals surface area (Å²) in [6.07, 6.45) is 4.15. The molecule has 0 bridgehead atoms. The third-order valence-electron chi connectivity index (χ3n) is 5.64. The Bertz CT molecular complexity index is 773. The lowest BCUT2D eigenvalue weighted by Gasteiger charge is -2.32. The molecule has 0 atom stereocenters. The number of unbranched alkanes of at least 4 members (excludes halogenated alkanes) is 1. The molecule has 0 unspecified atom stereocenters. The van der Waals surface area contributed by atoms with Crippen molar-refractivity contribution < 1.29 is 9.53 Å². The first-order valence-electron chi connectivity index (χ1n) is 10.9. The zero-order valence-corrected chi connectivity index (χ0v) is 18.0. The summed E-state index contributed by atoms with van der Waals surface area (Å²) >= 11 is 0. The van der Waals surface area contributed by atoms with Gasteiger partial charge in [0.25, 0.3) is 5.91 Å². The number of hydrogen-bond donors (Lipinski definition) is 1. The molecule has 4 nitrogen and oxygen atoms in total. The van der Waals surface area contributed by atoms with Crippen LogP contribution in [0.5, 0.6) is 5.75 Å². The largest absolute Gasteiger partial charge is 0.493 e. The molecule has 1 amide bonds. The molecule has 1 aliphatic heterocycles. The Morgan fingerprint density at radius 3 is 2.38 bits per heavy atom. The molecule has 0 aliphatic carbocycles. The highest BCUT2D eigenvalue weighted by Gasteiger charge is 2.22. The van der Waals surface area contributed by atoms with Crippen LogP contribution in [-0.4, -0.2) is 36.5 Å². The van der Waals surface area contributed by atoms with Crippen LogP contribution in [-0.2, 0) is 6.54 Å². The van der Waals surface area contributed by atoms with E-state index in [4.69, 9.17) is 4.74 Å². The molecule has 1 saturated heterocycles. The number of amides is 1. The molecule has 3 rings (SSSR count). The molecule has 0 spiro atoms. The normalized spacial score (nSPS) is 15.3. The smallest absolute Gasteiger partial charge is 0.251 e. The number of carbonyl (C=O) groups excluding carboxylic acids is 1. The number of piperidine rings is 1. The zero-order valence-electron chi connectivity index (χ0n) is 18.0. The lowest BCUT2D eigenvalue weighted by atomic mass is 10.0. The van der Waals surface area contributed by atoms with Crippen molar-refractivity contribution in [1.29, 1.82) is 0 Å². The van der Waals surface area contributed by atoms with Crippen LogP contribution in [0.3, 0.4) is 0 Å². The van der Waals surface area contributed by atoms with E-state index in [0.29, 0.717) is 0 Å². The minimum Gasteiger partial charge on any atom is -0.493 e. The molecule has 29 heavy (non-hydrogen) atoms. The van der Waals surface area contributed by atoms with Gasteiger partial charge in [-0.3, -0.25) is 9.69 Å². The SMILES string of the molecule is CCCCOc1c(C)cc(C(=O)NC2CCN(Cc3ccccc3)CC2)cc1C. The summed E-state index contributed by atoms with van der Waals surface area (Å²) in [6.45, 7) is 9.94. The molecule has 0 aromatic heterocycles. The Hall–Kier alpha value is -2.33. The highest BCUT2D eigenvalue weighted by atomic mass is 16.5. The summed E-state index contributed by atoms with van der Waals surface area (Å²) in [5.41, 5.74) is 4.14. The van der Waals surface area contributed by atoms with E-state index in [9.17, 15) is 4.79 Å². The molecule has 2 aromatic rings. The second-order valence-corrected chi connectivity index (χ2v) is 8.15. The van der Waals surface area contributed by atoms with Crippen LogP contribution in [0.25, 0.3) is 0 Å². The average molecular weight is 395 g/mol. The van der Waals surface area contributed by atoms with Crippen LogP contribution in [0, 0.1) is 13.8 Å². The number of ether oxygens (including phenoxy) is 1. The number of benzene rings is 2. The van der Waals surface area contributed by atoms with Crippen molar-refractivity contribution in [3.8, 4) is 5.75 Å². The molecule has 0 radical (unpaired) electrons. The van der Waals surface area contributed by atoms with E-state index < -0.39 is 0 Å². The van der Waals surface area contributed by atoms with Gasteiger partial charge in [0.2, 0.25) is 0 Å². The van der Waals surface area contributed by atoms with Gasteiger partial charge in [-0.1, -0.05) is 43.7 Å². The number of aryl methyl sites for hydroxylation is 2. The molecule has 4 heteroatoms. The van der Waals surface area contributed by atoms with Crippen molar-refractivity contribution in [1.82, 2.24) is 10.2 Å². The van der Waals surface area contributed by atoms with Crippen LogP contribution in [0.2, 0.25) is 0 Å². The van der Waals surface area contributed by atoms with Crippen LogP contribution in [0.15, 0.2) is 42.5 Å². The van der Waals surface area contributed by atoms with Crippen LogP contribution < -0.4 is 10.1 Å². The van der Waals surface area contributed by atoms with E-state index in [1.165, 1.54) is 5.56 Å². The predicted octanol–water partition coefficient (Wildman–Crippen LogP) is 4.88. The molecule has 1 heterocycles. The molecule has 1 aliphatic rings. The predicted molar refractivity (Wildman–Crippen MR) is 119 cm³/mol. The van der Waals surface area contributed by atoms with E-state index >= 15 is 0 Å². The summed E-state index contributed by atoms with van der Waals surface area (Å²) in [5.74, 6) is 0.946. The fourth-order valence-corrected chi connectivity index (χ4v) is 3.97. The third kappa shape index (κ3) is 6.07. The van der Waals surface area contributed by atoms with Crippen LogP contribution >= 0.6 is 0 Å². The summed E-state index contributed by atoms with van der Waals surface area (Å²) in [7, 11) is 0. The van der Waals surface area contributed by atoms with Gasteiger partial charge in [0.1, 0.15) is 5.75 Å². The summed E-state index contributed by atoms with van der Waals surface area (Å²) in [4.78, 5) is 15.3. The van der Waals surface area contributed by atoms with E-state index in [-0.39, 0.29) is 11.9 Å². The molecule has 2 aromatic carbocycles. The third-order valence-corrected chi connectivity index (χ3v) is 5.64. The van der Waals surface area contributed by atoms with E-state index in [1.54, 1.807) is 0 Å². The Kier molecular flexibility index (Phi) is 7.70. The van der Waals surface area contributed by atoms with Crippen LogP contribution in [0.1, 0.15) is 59.7 Å². The first kappa shape index (κ1) is 21.4. The van der Waals surface area contributed by atoms with Gasteiger partial charge < -0.3 is 10.1 Å². The molecule has 0 saturated carbocycles. The van der Waals surface area contributed by atoms with Gasteiger partial charge in [0.05, 0.1) is 6.61 Å². The Balaban J connectivity index is 1.51.